The molecule has 0 saturated carbocycles. The Kier molecular flexibility index (Phi) is 5.83. The monoisotopic (exact) mass is 346 g/mol. The minimum atomic E-state index is 0.0400. The lowest BCUT2D eigenvalue weighted by molar-refractivity contribution is 0.193. The first-order valence-corrected chi connectivity index (χ1v) is 8.78. The molecule has 0 radical (unpaired) electrons. The van der Waals surface area contributed by atoms with Crippen molar-refractivity contribution in [1.82, 2.24) is 19.7 Å². The molecule has 1 atom stereocenters. The van der Waals surface area contributed by atoms with E-state index in [9.17, 15) is 0 Å². The maximum atomic E-state index is 9.02. The summed E-state index contributed by atoms with van der Waals surface area (Å²) in [5.74, 6) is 1.59. The van der Waals surface area contributed by atoms with Crippen LogP contribution in [0.2, 0.25) is 0 Å². The van der Waals surface area contributed by atoms with E-state index in [1.807, 2.05) is 16.9 Å². The first kappa shape index (κ1) is 17.6. The number of ether oxygens (including phenoxy) is 1. The van der Waals surface area contributed by atoms with Gasteiger partial charge in [0.15, 0.2) is 0 Å². The van der Waals surface area contributed by atoms with Gasteiger partial charge in [-0.15, -0.1) is 0 Å². The molecule has 0 bridgehead atoms. The van der Waals surface area contributed by atoms with Gasteiger partial charge in [-0.3, -0.25) is 4.68 Å². The molecule has 1 aliphatic rings. The van der Waals surface area contributed by atoms with Crippen molar-refractivity contribution in [2.45, 2.75) is 39.3 Å². The van der Waals surface area contributed by atoms with Gasteiger partial charge in [0.1, 0.15) is 5.82 Å². The molecule has 8 heteroatoms. The number of nitrogens with zero attached hydrogens (tertiary/aromatic N) is 4. The van der Waals surface area contributed by atoms with Crippen LogP contribution in [0.1, 0.15) is 36.2 Å². The zero-order valence-corrected chi connectivity index (χ0v) is 14.8. The molecule has 8 nitrogen and oxygen atoms in total. The van der Waals surface area contributed by atoms with Crippen molar-refractivity contribution in [3.05, 3.63) is 29.2 Å². The van der Waals surface area contributed by atoms with E-state index in [2.05, 4.69) is 39.5 Å². The Morgan fingerprint density at radius 3 is 2.92 bits per heavy atom. The van der Waals surface area contributed by atoms with Gasteiger partial charge in [-0.2, -0.15) is 10.1 Å². The van der Waals surface area contributed by atoms with Crippen LogP contribution in [0.5, 0.6) is 0 Å². The second-order valence-corrected chi connectivity index (χ2v) is 6.14. The van der Waals surface area contributed by atoms with Crippen LogP contribution in [0.25, 0.3) is 0 Å². The number of hydrogen-bond donors (Lipinski definition) is 3. The third-order valence-corrected chi connectivity index (χ3v) is 4.45. The van der Waals surface area contributed by atoms with Crippen molar-refractivity contribution in [2.24, 2.45) is 0 Å². The van der Waals surface area contributed by atoms with Crippen LogP contribution in [0.3, 0.4) is 0 Å². The second-order valence-electron chi connectivity index (χ2n) is 6.14. The van der Waals surface area contributed by atoms with Crippen molar-refractivity contribution < 1.29 is 9.84 Å². The summed E-state index contributed by atoms with van der Waals surface area (Å²) in [5.41, 5.74) is 3.28. The summed E-state index contributed by atoms with van der Waals surface area (Å²) >= 11 is 0. The number of aliphatic hydroxyl groups is 1. The second kappa shape index (κ2) is 8.26. The van der Waals surface area contributed by atoms with E-state index >= 15 is 0 Å². The number of rotatable bonds is 8. The van der Waals surface area contributed by atoms with E-state index in [-0.39, 0.29) is 6.61 Å². The Morgan fingerprint density at radius 1 is 1.36 bits per heavy atom. The highest BCUT2D eigenvalue weighted by atomic mass is 16.5. The van der Waals surface area contributed by atoms with Gasteiger partial charge in [0.05, 0.1) is 25.1 Å². The number of hydrogen-bond acceptors (Lipinski definition) is 7. The van der Waals surface area contributed by atoms with Gasteiger partial charge >= 0.3 is 0 Å². The van der Waals surface area contributed by atoms with Gasteiger partial charge in [0.2, 0.25) is 5.95 Å². The maximum absolute atomic E-state index is 9.02. The van der Waals surface area contributed by atoms with Crippen molar-refractivity contribution in [2.75, 3.05) is 37.0 Å². The van der Waals surface area contributed by atoms with E-state index in [0.717, 1.165) is 42.3 Å². The lowest BCUT2D eigenvalue weighted by atomic mass is 10.0. The van der Waals surface area contributed by atoms with Crippen molar-refractivity contribution in [3.63, 3.8) is 0 Å². The van der Waals surface area contributed by atoms with Gasteiger partial charge in [-0.25, -0.2) is 4.98 Å². The third kappa shape index (κ3) is 4.26. The van der Waals surface area contributed by atoms with E-state index in [1.165, 1.54) is 0 Å². The van der Waals surface area contributed by atoms with Gasteiger partial charge in [-0.05, 0) is 20.3 Å². The predicted molar refractivity (Wildman–Crippen MR) is 95.7 cm³/mol. The minimum Gasteiger partial charge on any atom is -0.395 e. The van der Waals surface area contributed by atoms with E-state index in [4.69, 9.17) is 9.84 Å². The molecule has 3 rings (SSSR count). The molecule has 25 heavy (non-hydrogen) atoms. The number of aliphatic hydroxyl groups excluding tert-OH is 1. The molecule has 3 N–H and O–H groups in total. The fourth-order valence-corrected chi connectivity index (χ4v) is 2.94. The Morgan fingerprint density at radius 2 is 2.24 bits per heavy atom. The molecule has 0 aromatic carbocycles. The fourth-order valence-electron chi connectivity index (χ4n) is 2.94. The van der Waals surface area contributed by atoms with Crippen LogP contribution in [-0.4, -0.2) is 51.2 Å². The predicted octanol–water partition coefficient (Wildman–Crippen LogP) is 1.52. The molecule has 0 amide bonds. The number of nitrogens with one attached hydrogen (secondary N) is 2. The Hall–Kier alpha value is -2.19. The Bertz CT molecular complexity index is 696. The average molecular weight is 346 g/mol. The van der Waals surface area contributed by atoms with Gasteiger partial charge < -0.3 is 20.5 Å². The summed E-state index contributed by atoms with van der Waals surface area (Å²) < 4.78 is 7.46. The SMILES string of the molecule is CCn1ncc(CNc2cc([C@H]3CCOC3)nc(NCCO)n2)c1C. The van der Waals surface area contributed by atoms with Crippen molar-refractivity contribution in [1.29, 1.82) is 0 Å². The molecule has 1 saturated heterocycles. The molecule has 1 aliphatic heterocycles. The number of aromatic nitrogens is 4. The summed E-state index contributed by atoms with van der Waals surface area (Å²) in [5, 5.41) is 19.8. The largest absolute Gasteiger partial charge is 0.395 e. The summed E-state index contributed by atoms with van der Waals surface area (Å²) in [6.07, 6.45) is 2.86. The highest BCUT2D eigenvalue weighted by Crippen LogP contribution is 2.26. The van der Waals surface area contributed by atoms with Crippen LogP contribution in [0.15, 0.2) is 12.3 Å². The quantitative estimate of drug-likeness (QED) is 0.667. The normalized spacial score (nSPS) is 17.0. The molecule has 2 aromatic rings. The van der Waals surface area contributed by atoms with Gasteiger partial charge in [0.25, 0.3) is 0 Å². The molecular weight excluding hydrogens is 320 g/mol. The standard InChI is InChI=1S/C17H26N6O2/c1-3-23-12(2)14(10-20-23)9-19-16-8-15(13-4-7-25-11-13)21-17(22-16)18-5-6-24/h8,10,13,24H,3-7,9,11H2,1-2H3,(H2,18,19,21,22)/t13-/m0/s1. The van der Waals surface area contributed by atoms with E-state index in [0.29, 0.717) is 31.6 Å². The first-order chi connectivity index (χ1) is 12.2. The van der Waals surface area contributed by atoms with Crippen molar-refractivity contribution >= 4 is 11.8 Å². The zero-order valence-electron chi connectivity index (χ0n) is 14.8. The zero-order chi connectivity index (χ0) is 17.6. The summed E-state index contributed by atoms with van der Waals surface area (Å²) in [7, 11) is 0. The van der Waals surface area contributed by atoms with E-state index < -0.39 is 0 Å². The third-order valence-electron chi connectivity index (χ3n) is 4.45. The molecule has 3 heterocycles. The molecule has 0 unspecified atom stereocenters. The van der Waals surface area contributed by atoms with Crippen LogP contribution < -0.4 is 10.6 Å². The Balaban J connectivity index is 1.76. The van der Waals surface area contributed by atoms with Gasteiger partial charge in [0, 0.05) is 49.5 Å². The summed E-state index contributed by atoms with van der Waals surface area (Å²) in [4.78, 5) is 9.07. The van der Waals surface area contributed by atoms with Crippen LogP contribution in [0, 0.1) is 6.92 Å². The lowest BCUT2D eigenvalue weighted by Crippen LogP contribution is -2.13. The molecule has 2 aromatic heterocycles. The summed E-state index contributed by atoms with van der Waals surface area (Å²) in [6, 6.07) is 1.99. The molecule has 136 valence electrons. The molecular formula is C17H26N6O2. The molecule has 1 fully saturated rings. The smallest absolute Gasteiger partial charge is 0.224 e. The van der Waals surface area contributed by atoms with Gasteiger partial charge in [-0.1, -0.05) is 0 Å². The highest BCUT2D eigenvalue weighted by molar-refractivity contribution is 5.44. The fraction of sp³-hybridized carbons (Fsp3) is 0.588. The van der Waals surface area contributed by atoms with Crippen LogP contribution in [0.4, 0.5) is 11.8 Å². The highest BCUT2D eigenvalue weighted by Gasteiger charge is 2.21. The average Bonchev–Trinajstić information content (AvgIpc) is 3.28. The van der Waals surface area contributed by atoms with E-state index in [1.54, 1.807) is 0 Å². The number of aryl methyl sites for hydroxylation is 1. The molecule has 0 aliphatic carbocycles. The topological polar surface area (TPSA) is 97.1 Å². The summed E-state index contributed by atoms with van der Waals surface area (Å²) in [6.45, 7) is 7.60. The number of anilines is 2. The van der Waals surface area contributed by atoms with Crippen LogP contribution >= 0.6 is 0 Å². The lowest BCUT2D eigenvalue weighted by Gasteiger charge is -2.13. The maximum Gasteiger partial charge on any atom is 0.224 e. The Labute approximate surface area is 147 Å². The molecule has 0 spiro atoms. The first-order valence-electron chi connectivity index (χ1n) is 8.78. The van der Waals surface area contributed by atoms with Crippen molar-refractivity contribution in [3.8, 4) is 0 Å². The van der Waals surface area contributed by atoms with Crippen LogP contribution in [-0.2, 0) is 17.8 Å². The minimum absolute atomic E-state index is 0.0400.